The van der Waals surface area contributed by atoms with Gasteiger partial charge < -0.3 is 5.11 Å². The van der Waals surface area contributed by atoms with Gasteiger partial charge in [-0.3, -0.25) is 0 Å². The van der Waals surface area contributed by atoms with Crippen molar-refractivity contribution in [3.8, 4) is 5.75 Å². The lowest BCUT2D eigenvalue weighted by molar-refractivity contribution is 0.400. The zero-order valence-corrected chi connectivity index (χ0v) is 12.1. The first kappa shape index (κ1) is 13.6. The number of rotatable bonds is 5. The number of aromatic hydroxyl groups is 1. The number of phenolic OH excluding ortho intramolecular Hbond substituents is 1. The maximum Gasteiger partial charge on any atom is 0.120 e. The summed E-state index contributed by atoms with van der Waals surface area (Å²) in [5.74, 6) is 0.306. The zero-order valence-electron chi connectivity index (χ0n) is 12.1. The Morgan fingerprint density at radius 2 is 1.62 bits per heavy atom. The third-order valence-corrected chi connectivity index (χ3v) is 3.71. The van der Waals surface area contributed by atoms with Crippen molar-refractivity contribution in [3.05, 3.63) is 54.1 Å². The zero-order chi connectivity index (χ0) is 14.7. The SMILES string of the molecule is CCCCC(c1ccccc1O)n1nc2ccccc2n1. The van der Waals surface area contributed by atoms with Gasteiger partial charge in [0.05, 0.1) is 0 Å². The van der Waals surface area contributed by atoms with Gasteiger partial charge in [-0.2, -0.15) is 15.0 Å². The average Bonchev–Trinajstić information content (AvgIpc) is 2.93. The van der Waals surface area contributed by atoms with Gasteiger partial charge in [-0.05, 0) is 24.6 Å². The Morgan fingerprint density at radius 1 is 1.00 bits per heavy atom. The van der Waals surface area contributed by atoms with Crippen LogP contribution in [-0.4, -0.2) is 20.1 Å². The fourth-order valence-corrected chi connectivity index (χ4v) is 2.58. The van der Waals surface area contributed by atoms with E-state index in [9.17, 15) is 5.11 Å². The van der Waals surface area contributed by atoms with Crippen LogP contribution >= 0.6 is 0 Å². The highest BCUT2D eigenvalue weighted by Gasteiger charge is 2.19. The van der Waals surface area contributed by atoms with Crippen molar-refractivity contribution in [1.29, 1.82) is 0 Å². The predicted octanol–water partition coefficient (Wildman–Crippen LogP) is 3.92. The smallest absolute Gasteiger partial charge is 0.120 e. The Kier molecular flexibility index (Phi) is 3.86. The highest BCUT2D eigenvalue weighted by atomic mass is 16.3. The molecule has 108 valence electrons. The fourth-order valence-electron chi connectivity index (χ4n) is 2.58. The van der Waals surface area contributed by atoms with E-state index in [2.05, 4.69) is 17.1 Å². The summed E-state index contributed by atoms with van der Waals surface area (Å²) in [5.41, 5.74) is 2.65. The molecule has 3 aromatic rings. The van der Waals surface area contributed by atoms with E-state index in [-0.39, 0.29) is 6.04 Å². The van der Waals surface area contributed by atoms with E-state index in [0.717, 1.165) is 35.9 Å². The number of fused-ring (bicyclic) bond motifs is 1. The van der Waals surface area contributed by atoms with Crippen LogP contribution in [0.5, 0.6) is 5.75 Å². The van der Waals surface area contributed by atoms with Crippen LogP contribution in [-0.2, 0) is 0 Å². The minimum Gasteiger partial charge on any atom is -0.508 e. The minimum absolute atomic E-state index is 0.0291. The quantitative estimate of drug-likeness (QED) is 0.771. The first-order valence-corrected chi connectivity index (χ1v) is 7.39. The number of phenols is 1. The van der Waals surface area contributed by atoms with Crippen molar-refractivity contribution in [2.45, 2.75) is 32.2 Å². The molecule has 0 fully saturated rings. The van der Waals surface area contributed by atoms with Gasteiger partial charge in [-0.15, -0.1) is 0 Å². The lowest BCUT2D eigenvalue weighted by atomic mass is 10.0. The summed E-state index contributed by atoms with van der Waals surface area (Å²) in [4.78, 5) is 1.75. The lowest BCUT2D eigenvalue weighted by Gasteiger charge is -2.17. The van der Waals surface area contributed by atoms with Crippen LogP contribution in [0.3, 0.4) is 0 Å². The highest BCUT2D eigenvalue weighted by molar-refractivity contribution is 5.73. The molecule has 0 spiro atoms. The van der Waals surface area contributed by atoms with Crippen LogP contribution in [0.1, 0.15) is 37.8 Å². The Hall–Kier alpha value is -2.36. The summed E-state index contributed by atoms with van der Waals surface area (Å²) < 4.78 is 0. The second-order valence-electron chi connectivity index (χ2n) is 5.23. The van der Waals surface area contributed by atoms with Crippen LogP contribution in [0.4, 0.5) is 0 Å². The molecule has 0 saturated carbocycles. The van der Waals surface area contributed by atoms with Crippen LogP contribution in [0.2, 0.25) is 0 Å². The van der Waals surface area contributed by atoms with Crippen molar-refractivity contribution >= 4 is 11.0 Å². The third-order valence-electron chi connectivity index (χ3n) is 3.71. The van der Waals surface area contributed by atoms with Gasteiger partial charge in [-0.1, -0.05) is 50.1 Å². The highest BCUT2D eigenvalue weighted by Crippen LogP contribution is 2.30. The Bertz CT molecular complexity index is 702. The average molecular weight is 281 g/mol. The molecule has 0 saturated heterocycles. The number of para-hydroxylation sites is 1. The van der Waals surface area contributed by atoms with E-state index in [1.165, 1.54) is 0 Å². The molecule has 0 aliphatic heterocycles. The van der Waals surface area contributed by atoms with Gasteiger partial charge in [0.2, 0.25) is 0 Å². The predicted molar refractivity (Wildman–Crippen MR) is 83.3 cm³/mol. The van der Waals surface area contributed by atoms with Crippen molar-refractivity contribution < 1.29 is 5.11 Å². The summed E-state index contributed by atoms with van der Waals surface area (Å²) in [6.45, 7) is 2.16. The van der Waals surface area contributed by atoms with Gasteiger partial charge in [0.15, 0.2) is 0 Å². The molecular formula is C17H19N3O. The van der Waals surface area contributed by atoms with E-state index in [4.69, 9.17) is 0 Å². The molecule has 0 amide bonds. The van der Waals surface area contributed by atoms with Crippen LogP contribution in [0.15, 0.2) is 48.5 Å². The van der Waals surface area contributed by atoms with E-state index in [1.807, 2.05) is 42.5 Å². The Balaban J connectivity index is 2.04. The van der Waals surface area contributed by atoms with Crippen molar-refractivity contribution in [1.82, 2.24) is 15.0 Å². The Labute approximate surface area is 124 Å². The normalized spacial score (nSPS) is 12.6. The molecule has 0 aliphatic carbocycles. The van der Waals surface area contributed by atoms with Crippen molar-refractivity contribution in [2.75, 3.05) is 0 Å². The van der Waals surface area contributed by atoms with Crippen molar-refractivity contribution in [2.24, 2.45) is 0 Å². The van der Waals surface area contributed by atoms with Gasteiger partial charge in [0.25, 0.3) is 0 Å². The van der Waals surface area contributed by atoms with Crippen molar-refractivity contribution in [3.63, 3.8) is 0 Å². The van der Waals surface area contributed by atoms with E-state index < -0.39 is 0 Å². The van der Waals surface area contributed by atoms with Crippen LogP contribution in [0.25, 0.3) is 11.0 Å². The maximum absolute atomic E-state index is 10.1. The molecule has 4 nitrogen and oxygen atoms in total. The van der Waals surface area contributed by atoms with Crippen LogP contribution in [0, 0.1) is 0 Å². The van der Waals surface area contributed by atoms with Gasteiger partial charge in [0, 0.05) is 5.56 Å². The molecule has 1 aromatic heterocycles. The fraction of sp³-hybridized carbons (Fsp3) is 0.294. The molecule has 1 heterocycles. The topological polar surface area (TPSA) is 50.9 Å². The lowest BCUT2D eigenvalue weighted by Crippen LogP contribution is -2.14. The number of hydrogen-bond acceptors (Lipinski definition) is 3. The second-order valence-corrected chi connectivity index (χ2v) is 5.23. The molecule has 2 aromatic carbocycles. The number of benzene rings is 2. The van der Waals surface area contributed by atoms with E-state index in [1.54, 1.807) is 10.9 Å². The molecule has 1 unspecified atom stereocenters. The largest absolute Gasteiger partial charge is 0.508 e. The number of unbranched alkanes of at least 4 members (excludes halogenated alkanes) is 1. The molecule has 4 heteroatoms. The first-order chi connectivity index (χ1) is 10.3. The molecule has 1 N–H and O–H groups in total. The molecular weight excluding hydrogens is 262 g/mol. The number of aromatic nitrogens is 3. The molecule has 0 bridgehead atoms. The summed E-state index contributed by atoms with van der Waals surface area (Å²) in [6, 6.07) is 15.3. The standard InChI is InChI=1S/C17H19N3O/c1-2-3-11-16(13-8-4-7-12-17(13)21)20-18-14-9-5-6-10-15(14)19-20/h4-10,12,16,21H,2-3,11H2,1H3. The number of nitrogens with zero attached hydrogens (tertiary/aromatic N) is 3. The van der Waals surface area contributed by atoms with E-state index in [0.29, 0.717) is 5.75 Å². The summed E-state index contributed by atoms with van der Waals surface area (Å²) >= 11 is 0. The number of hydrogen-bond donors (Lipinski definition) is 1. The van der Waals surface area contributed by atoms with Gasteiger partial charge in [0.1, 0.15) is 22.8 Å². The van der Waals surface area contributed by atoms with E-state index >= 15 is 0 Å². The monoisotopic (exact) mass is 281 g/mol. The minimum atomic E-state index is -0.0291. The summed E-state index contributed by atoms with van der Waals surface area (Å²) in [5, 5.41) is 19.3. The molecule has 0 radical (unpaired) electrons. The van der Waals surface area contributed by atoms with Gasteiger partial charge in [-0.25, -0.2) is 0 Å². The Morgan fingerprint density at radius 3 is 2.24 bits per heavy atom. The molecule has 3 rings (SSSR count). The molecule has 0 aliphatic rings. The molecule has 1 atom stereocenters. The maximum atomic E-state index is 10.1. The second kappa shape index (κ2) is 5.95. The third kappa shape index (κ3) is 2.75. The molecule has 21 heavy (non-hydrogen) atoms. The summed E-state index contributed by atoms with van der Waals surface area (Å²) in [6.07, 6.45) is 3.08. The first-order valence-electron chi connectivity index (χ1n) is 7.39. The summed E-state index contributed by atoms with van der Waals surface area (Å²) in [7, 11) is 0. The van der Waals surface area contributed by atoms with Crippen LogP contribution < -0.4 is 0 Å². The van der Waals surface area contributed by atoms with Gasteiger partial charge >= 0.3 is 0 Å².